The third-order valence-electron chi connectivity index (χ3n) is 3.85. The molecule has 0 amide bonds. The van der Waals surface area contributed by atoms with Crippen molar-refractivity contribution >= 4 is 5.97 Å². The highest BCUT2D eigenvalue weighted by atomic mass is 16.5. The highest BCUT2D eigenvalue weighted by molar-refractivity contribution is 5.70. The summed E-state index contributed by atoms with van der Waals surface area (Å²) in [6.07, 6.45) is 3.61. The summed E-state index contributed by atoms with van der Waals surface area (Å²) in [5.74, 6) is 0.0381. The molecule has 1 saturated carbocycles. The van der Waals surface area contributed by atoms with Gasteiger partial charge in [-0.3, -0.25) is 4.79 Å². The minimum absolute atomic E-state index is 0.181. The number of nitrogens with one attached hydrogen (secondary N) is 1. The number of ether oxygens (including phenoxy) is 1. The lowest BCUT2D eigenvalue weighted by Crippen LogP contribution is -2.38. The third kappa shape index (κ3) is 4.53. The quantitative estimate of drug-likeness (QED) is 0.785. The van der Waals surface area contributed by atoms with Crippen LogP contribution in [0.15, 0.2) is 24.3 Å². The molecule has 20 heavy (non-hydrogen) atoms. The standard InChI is InChI=1S/C16H23NO3/c1-12-5-7-15(8-6-12)20-10-9-17-14-4-2-3-13(11-14)16(18)19/h5-8,13-14,17H,2-4,9-11H2,1H3,(H,18,19). The van der Waals surface area contributed by atoms with Gasteiger partial charge in [0.1, 0.15) is 12.4 Å². The molecule has 1 aliphatic rings. The number of aryl methyl sites for hydroxylation is 1. The van der Waals surface area contributed by atoms with Crippen LogP contribution in [0.4, 0.5) is 0 Å². The summed E-state index contributed by atoms with van der Waals surface area (Å²) in [7, 11) is 0. The largest absolute Gasteiger partial charge is 0.492 e. The van der Waals surface area contributed by atoms with Crippen molar-refractivity contribution in [3.63, 3.8) is 0 Å². The van der Waals surface area contributed by atoms with Crippen molar-refractivity contribution in [3.8, 4) is 5.75 Å². The first-order chi connectivity index (χ1) is 9.65. The monoisotopic (exact) mass is 277 g/mol. The Morgan fingerprint density at radius 1 is 1.35 bits per heavy atom. The molecule has 2 rings (SSSR count). The van der Waals surface area contributed by atoms with Crippen LogP contribution in [-0.2, 0) is 4.79 Å². The van der Waals surface area contributed by atoms with Crippen LogP contribution >= 0.6 is 0 Å². The zero-order valence-electron chi connectivity index (χ0n) is 12.0. The van der Waals surface area contributed by atoms with Crippen LogP contribution in [0, 0.1) is 12.8 Å². The number of benzene rings is 1. The lowest BCUT2D eigenvalue weighted by molar-refractivity contribution is -0.143. The Bertz CT molecular complexity index is 430. The summed E-state index contributed by atoms with van der Waals surface area (Å²) < 4.78 is 5.65. The van der Waals surface area contributed by atoms with Gasteiger partial charge in [0.15, 0.2) is 0 Å². The van der Waals surface area contributed by atoms with Gasteiger partial charge in [-0.25, -0.2) is 0 Å². The molecule has 0 aromatic heterocycles. The number of hydrogen-bond donors (Lipinski definition) is 2. The first kappa shape index (κ1) is 14.9. The Morgan fingerprint density at radius 2 is 2.10 bits per heavy atom. The zero-order chi connectivity index (χ0) is 14.4. The van der Waals surface area contributed by atoms with Crippen molar-refractivity contribution < 1.29 is 14.6 Å². The van der Waals surface area contributed by atoms with E-state index in [0.29, 0.717) is 12.6 Å². The maximum Gasteiger partial charge on any atom is 0.306 e. The van der Waals surface area contributed by atoms with Crippen LogP contribution in [0.5, 0.6) is 5.75 Å². The molecule has 4 nitrogen and oxygen atoms in total. The molecule has 2 N–H and O–H groups in total. The second-order valence-corrected chi connectivity index (χ2v) is 5.51. The number of carboxylic acid groups (broad SMARTS) is 1. The van der Waals surface area contributed by atoms with Gasteiger partial charge in [0.25, 0.3) is 0 Å². The smallest absolute Gasteiger partial charge is 0.306 e. The molecule has 2 unspecified atom stereocenters. The van der Waals surface area contributed by atoms with E-state index in [1.54, 1.807) is 0 Å². The SMILES string of the molecule is Cc1ccc(OCCNC2CCCC(C(=O)O)C2)cc1. The van der Waals surface area contributed by atoms with Crippen LogP contribution in [0.2, 0.25) is 0 Å². The molecule has 1 aliphatic carbocycles. The van der Waals surface area contributed by atoms with Gasteiger partial charge >= 0.3 is 5.97 Å². The van der Waals surface area contributed by atoms with Crippen molar-refractivity contribution in [3.05, 3.63) is 29.8 Å². The molecular formula is C16H23NO3. The van der Waals surface area contributed by atoms with Gasteiger partial charge in [-0.05, 0) is 38.3 Å². The first-order valence-corrected chi connectivity index (χ1v) is 7.31. The van der Waals surface area contributed by atoms with E-state index in [1.165, 1.54) is 5.56 Å². The van der Waals surface area contributed by atoms with Crippen molar-refractivity contribution in [1.82, 2.24) is 5.32 Å². The van der Waals surface area contributed by atoms with Crippen molar-refractivity contribution in [1.29, 1.82) is 0 Å². The van der Waals surface area contributed by atoms with E-state index in [9.17, 15) is 4.79 Å². The van der Waals surface area contributed by atoms with Crippen molar-refractivity contribution in [2.24, 2.45) is 5.92 Å². The van der Waals surface area contributed by atoms with Crippen LogP contribution in [0.1, 0.15) is 31.2 Å². The molecule has 0 heterocycles. The first-order valence-electron chi connectivity index (χ1n) is 7.31. The lowest BCUT2D eigenvalue weighted by atomic mass is 9.86. The Morgan fingerprint density at radius 3 is 2.80 bits per heavy atom. The van der Waals surface area contributed by atoms with E-state index < -0.39 is 5.97 Å². The van der Waals surface area contributed by atoms with Crippen LogP contribution in [0.3, 0.4) is 0 Å². The van der Waals surface area contributed by atoms with Gasteiger partial charge in [-0.2, -0.15) is 0 Å². The molecule has 1 aromatic carbocycles. The molecule has 2 atom stereocenters. The average molecular weight is 277 g/mol. The minimum atomic E-state index is -0.660. The van der Waals surface area contributed by atoms with Gasteiger partial charge in [0.05, 0.1) is 5.92 Å². The van der Waals surface area contributed by atoms with Crippen LogP contribution in [-0.4, -0.2) is 30.3 Å². The van der Waals surface area contributed by atoms with Crippen LogP contribution in [0.25, 0.3) is 0 Å². The molecule has 4 heteroatoms. The maximum absolute atomic E-state index is 11.0. The summed E-state index contributed by atoms with van der Waals surface area (Å²) in [6.45, 7) is 3.41. The molecule has 0 aliphatic heterocycles. The molecule has 1 aromatic rings. The van der Waals surface area contributed by atoms with Gasteiger partial charge in [-0.15, -0.1) is 0 Å². The fourth-order valence-corrected chi connectivity index (χ4v) is 2.67. The van der Waals surface area contributed by atoms with E-state index in [4.69, 9.17) is 9.84 Å². The van der Waals surface area contributed by atoms with Crippen molar-refractivity contribution in [2.45, 2.75) is 38.6 Å². The second-order valence-electron chi connectivity index (χ2n) is 5.51. The molecule has 0 bridgehead atoms. The van der Waals surface area contributed by atoms with E-state index >= 15 is 0 Å². The van der Waals surface area contributed by atoms with Gasteiger partial charge in [-0.1, -0.05) is 24.1 Å². The summed E-state index contributed by atoms with van der Waals surface area (Å²) >= 11 is 0. The average Bonchev–Trinajstić information content (AvgIpc) is 2.46. The number of rotatable bonds is 6. The summed E-state index contributed by atoms with van der Waals surface area (Å²) in [4.78, 5) is 11.0. The number of aliphatic carboxylic acids is 1. The molecule has 110 valence electrons. The highest BCUT2D eigenvalue weighted by Gasteiger charge is 2.26. The Hall–Kier alpha value is -1.55. The van der Waals surface area contributed by atoms with Crippen molar-refractivity contribution in [2.75, 3.05) is 13.2 Å². The molecular weight excluding hydrogens is 254 g/mol. The van der Waals surface area contributed by atoms with Gasteiger partial charge in [0.2, 0.25) is 0 Å². The van der Waals surface area contributed by atoms with E-state index in [2.05, 4.69) is 5.32 Å². The predicted molar refractivity (Wildman–Crippen MR) is 78.1 cm³/mol. The molecule has 1 fully saturated rings. The second kappa shape index (κ2) is 7.29. The summed E-state index contributed by atoms with van der Waals surface area (Å²) in [5.41, 5.74) is 1.22. The number of carbonyl (C=O) groups is 1. The Labute approximate surface area is 120 Å². The molecule has 0 spiro atoms. The molecule has 0 radical (unpaired) electrons. The van der Waals surface area contributed by atoms with Gasteiger partial charge < -0.3 is 15.2 Å². The van der Waals surface area contributed by atoms with Crippen LogP contribution < -0.4 is 10.1 Å². The fraction of sp³-hybridized carbons (Fsp3) is 0.562. The van der Waals surface area contributed by atoms with E-state index in [-0.39, 0.29) is 5.92 Å². The predicted octanol–water partition coefficient (Wildman–Crippen LogP) is 2.61. The zero-order valence-corrected chi connectivity index (χ0v) is 12.0. The summed E-state index contributed by atoms with van der Waals surface area (Å²) in [5, 5.41) is 12.4. The topological polar surface area (TPSA) is 58.6 Å². The third-order valence-corrected chi connectivity index (χ3v) is 3.85. The van der Waals surface area contributed by atoms with E-state index in [0.717, 1.165) is 38.0 Å². The Kier molecular flexibility index (Phi) is 5.41. The number of carboxylic acids is 1. The maximum atomic E-state index is 11.0. The highest BCUT2D eigenvalue weighted by Crippen LogP contribution is 2.24. The lowest BCUT2D eigenvalue weighted by Gasteiger charge is -2.27. The minimum Gasteiger partial charge on any atom is -0.492 e. The number of hydrogen-bond acceptors (Lipinski definition) is 3. The van der Waals surface area contributed by atoms with E-state index in [1.807, 2.05) is 31.2 Å². The normalized spacial score (nSPS) is 22.4. The van der Waals surface area contributed by atoms with Gasteiger partial charge in [0, 0.05) is 12.6 Å². The fourth-order valence-electron chi connectivity index (χ4n) is 2.67. The summed E-state index contributed by atoms with van der Waals surface area (Å²) in [6, 6.07) is 8.31. The molecule has 0 saturated heterocycles. The Balaban J connectivity index is 1.65.